The topological polar surface area (TPSA) is 50.4 Å². The molecule has 0 bridgehead atoms. The van der Waals surface area contributed by atoms with Crippen molar-refractivity contribution < 1.29 is 18.3 Å². The normalized spacial score (nSPS) is 10.5. The molecule has 1 aromatic rings. The van der Waals surface area contributed by atoms with E-state index in [1.54, 1.807) is 31.3 Å². The van der Waals surface area contributed by atoms with E-state index in [4.69, 9.17) is 4.74 Å². The number of halogens is 2. The van der Waals surface area contributed by atoms with Gasteiger partial charge in [0.1, 0.15) is 12.4 Å². The standard InChI is InChI=1S/C13H18F2N2O2/c1-16-6-5-13(18)17-8-10-3-2-4-11(7-10)19-9-12(14)15/h2-4,7,12,16H,5-6,8-9H2,1H3,(H,17,18). The van der Waals surface area contributed by atoms with Crippen LogP contribution in [0.1, 0.15) is 12.0 Å². The van der Waals surface area contributed by atoms with Crippen LogP contribution in [0.5, 0.6) is 5.75 Å². The van der Waals surface area contributed by atoms with Gasteiger partial charge in [0.25, 0.3) is 6.43 Å². The van der Waals surface area contributed by atoms with Gasteiger partial charge in [-0.1, -0.05) is 12.1 Å². The van der Waals surface area contributed by atoms with Crippen molar-refractivity contribution in [3.8, 4) is 5.75 Å². The maximum Gasteiger partial charge on any atom is 0.272 e. The molecule has 19 heavy (non-hydrogen) atoms. The van der Waals surface area contributed by atoms with Gasteiger partial charge in [-0.3, -0.25) is 4.79 Å². The van der Waals surface area contributed by atoms with E-state index in [9.17, 15) is 13.6 Å². The van der Waals surface area contributed by atoms with Crippen LogP contribution in [0.15, 0.2) is 24.3 Å². The first-order chi connectivity index (χ1) is 9.11. The van der Waals surface area contributed by atoms with Crippen molar-refractivity contribution in [1.82, 2.24) is 10.6 Å². The van der Waals surface area contributed by atoms with Gasteiger partial charge in [0, 0.05) is 19.5 Å². The molecule has 1 amide bonds. The largest absolute Gasteiger partial charge is 0.488 e. The number of rotatable bonds is 8. The van der Waals surface area contributed by atoms with Crippen LogP contribution >= 0.6 is 0 Å². The fourth-order valence-corrected chi connectivity index (χ4v) is 1.43. The molecular weight excluding hydrogens is 254 g/mol. The Labute approximate surface area is 111 Å². The summed E-state index contributed by atoms with van der Waals surface area (Å²) in [6.45, 7) is 0.343. The first-order valence-corrected chi connectivity index (χ1v) is 6.03. The minimum absolute atomic E-state index is 0.0618. The monoisotopic (exact) mass is 272 g/mol. The summed E-state index contributed by atoms with van der Waals surface area (Å²) in [6, 6.07) is 6.75. The van der Waals surface area contributed by atoms with Crippen molar-refractivity contribution in [2.45, 2.75) is 19.4 Å². The van der Waals surface area contributed by atoms with Crippen molar-refractivity contribution in [2.24, 2.45) is 0 Å². The molecule has 1 rings (SSSR count). The summed E-state index contributed by atoms with van der Waals surface area (Å²) in [5.41, 5.74) is 0.810. The number of alkyl halides is 2. The summed E-state index contributed by atoms with van der Waals surface area (Å²) < 4.78 is 28.9. The molecule has 0 radical (unpaired) electrons. The van der Waals surface area contributed by atoms with Gasteiger partial charge in [-0.05, 0) is 24.7 Å². The van der Waals surface area contributed by atoms with Crippen LogP contribution < -0.4 is 15.4 Å². The average Bonchev–Trinajstić information content (AvgIpc) is 2.41. The second-order valence-corrected chi connectivity index (χ2v) is 3.98. The summed E-state index contributed by atoms with van der Waals surface area (Å²) in [5.74, 6) is 0.315. The molecule has 0 aliphatic rings. The van der Waals surface area contributed by atoms with Crippen LogP contribution in [0.25, 0.3) is 0 Å². The number of hydrogen-bond acceptors (Lipinski definition) is 3. The summed E-state index contributed by atoms with van der Waals surface area (Å²) in [7, 11) is 1.77. The molecule has 106 valence electrons. The van der Waals surface area contributed by atoms with Crippen molar-refractivity contribution >= 4 is 5.91 Å². The summed E-state index contributed by atoms with van der Waals surface area (Å²) in [5, 5.41) is 5.62. The Morgan fingerprint density at radius 1 is 1.42 bits per heavy atom. The zero-order valence-electron chi connectivity index (χ0n) is 10.8. The van der Waals surface area contributed by atoms with Gasteiger partial charge in [-0.25, -0.2) is 8.78 Å². The molecule has 0 saturated heterocycles. The van der Waals surface area contributed by atoms with Crippen LogP contribution in [0.3, 0.4) is 0 Å². The second kappa shape index (κ2) is 8.42. The third-order valence-electron chi connectivity index (χ3n) is 2.37. The van der Waals surface area contributed by atoms with Crippen LogP contribution in [0.2, 0.25) is 0 Å². The van der Waals surface area contributed by atoms with Crippen molar-refractivity contribution in [1.29, 1.82) is 0 Å². The van der Waals surface area contributed by atoms with Crippen molar-refractivity contribution in [3.05, 3.63) is 29.8 Å². The van der Waals surface area contributed by atoms with Crippen LogP contribution in [0, 0.1) is 0 Å². The van der Waals surface area contributed by atoms with E-state index in [-0.39, 0.29) is 5.91 Å². The predicted molar refractivity (Wildman–Crippen MR) is 68.3 cm³/mol. The molecule has 2 N–H and O–H groups in total. The molecule has 0 spiro atoms. The van der Waals surface area contributed by atoms with Gasteiger partial charge in [0.05, 0.1) is 0 Å². The van der Waals surface area contributed by atoms with Gasteiger partial charge < -0.3 is 15.4 Å². The molecule has 0 aliphatic heterocycles. The summed E-state index contributed by atoms with van der Waals surface area (Å²) >= 11 is 0. The highest BCUT2D eigenvalue weighted by Crippen LogP contribution is 2.14. The van der Waals surface area contributed by atoms with E-state index >= 15 is 0 Å². The highest BCUT2D eigenvalue weighted by Gasteiger charge is 2.05. The molecule has 4 nitrogen and oxygen atoms in total. The third-order valence-corrected chi connectivity index (χ3v) is 2.37. The lowest BCUT2D eigenvalue weighted by atomic mass is 10.2. The van der Waals surface area contributed by atoms with E-state index in [2.05, 4.69) is 10.6 Å². The highest BCUT2D eigenvalue weighted by molar-refractivity contribution is 5.76. The highest BCUT2D eigenvalue weighted by atomic mass is 19.3. The zero-order chi connectivity index (χ0) is 14.1. The fraction of sp³-hybridized carbons (Fsp3) is 0.462. The Morgan fingerprint density at radius 2 is 2.21 bits per heavy atom. The van der Waals surface area contributed by atoms with Gasteiger partial charge in [0.15, 0.2) is 0 Å². The molecule has 0 heterocycles. The number of nitrogens with one attached hydrogen (secondary N) is 2. The zero-order valence-corrected chi connectivity index (χ0v) is 10.8. The molecule has 0 atom stereocenters. The van der Waals surface area contributed by atoms with Gasteiger partial charge >= 0.3 is 0 Å². The van der Waals surface area contributed by atoms with Gasteiger partial charge in [-0.2, -0.15) is 0 Å². The van der Waals surface area contributed by atoms with Gasteiger partial charge in [0.2, 0.25) is 5.91 Å². The number of amides is 1. The molecule has 0 aliphatic carbocycles. The number of ether oxygens (including phenoxy) is 1. The quantitative estimate of drug-likeness (QED) is 0.755. The van der Waals surface area contributed by atoms with Crippen LogP contribution in [-0.2, 0) is 11.3 Å². The van der Waals surface area contributed by atoms with E-state index in [1.165, 1.54) is 0 Å². The van der Waals surface area contributed by atoms with Crippen LogP contribution in [0.4, 0.5) is 8.78 Å². The molecule has 1 aromatic carbocycles. The van der Waals surface area contributed by atoms with Crippen molar-refractivity contribution in [2.75, 3.05) is 20.2 Å². The minimum atomic E-state index is -2.50. The van der Waals surface area contributed by atoms with E-state index < -0.39 is 13.0 Å². The lowest BCUT2D eigenvalue weighted by Crippen LogP contribution is -2.26. The lowest BCUT2D eigenvalue weighted by Gasteiger charge is -2.08. The van der Waals surface area contributed by atoms with E-state index in [0.717, 1.165) is 5.56 Å². The number of hydrogen-bond donors (Lipinski definition) is 2. The lowest BCUT2D eigenvalue weighted by molar-refractivity contribution is -0.121. The molecule has 0 saturated carbocycles. The van der Waals surface area contributed by atoms with Gasteiger partial charge in [-0.15, -0.1) is 0 Å². The molecule has 0 unspecified atom stereocenters. The molecule has 0 aromatic heterocycles. The maximum absolute atomic E-state index is 12.0. The Kier molecular flexibility index (Phi) is 6.81. The first kappa shape index (κ1) is 15.4. The maximum atomic E-state index is 12.0. The summed E-state index contributed by atoms with van der Waals surface area (Å²) in [6.07, 6.45) is -2.09. The fourth-order valence-electron chi connectivity index (χ4n) is 1.43. The van der Waals surface area contributed by atoms with E-state index in [1.807, 2.05) is 0 Å². The Morgan fingerprint density at radius 3 is 2.89 bits per heavy atom. The Hall–Kier alpha value is -1.69. The second-order valence-electron chi connectivity index (χ2n) is 3.98. The minimum Gasteiger partial charge on any atom is -0.488 e. The Bertz CT molecular complexity index is 400. The Balaban J connectivity index is 2.41. The smallest absolute Gasteiger partial charge is 0.272 e. The predicted octanol–water partition coefficient (Wildman–Crippen LogP) is 1.56. The first-order valence-electron chi connectivity index (χ1n) is 6.03. The van der Waals surface area contributed by atoms with Crippen LogP contribution in [-0.4, -0.2) is 32.5 Å². The average molecular weight is 272 g/mol. The molecule has 6 heteroatoms. The molecular formula is C13H18F2N2O2. The number of benzene rings is 1. The van der Waals surface area contributed by atoms with Crippen molar-refractivity contribution in [3.63, 3.8) is 0 Å². The SMILES string of the molecule is CNCCC(=O)NCc1cccc(OCC(F)F)c1. The molecule has 0 fully saturated rings. The number of carbonyl (C=O) groups is 1. The van der Waals surface area contributed by atoms with E-state index in [0.29, 0.717) is 25.3 Å². The third kappa shape index (κ3) is 6.71. The number of carbonyl (C=O) groups excluding carboxylic acids is 1. The summed E-state index contributed by atoms with van der Waals surface area (Å²) in [4.78, 5) is 11.4.